The van der Waals surface area contributed by atoms with E-state index in [2.05, 4.69) is 74.1 Å². The molecule has 0 saturated heterocycles. The van der Waals surface area contributed by atoms with Gasteiger partial charge < -0.3 is 15.7 Å². The smallest absolute Gasteiger partial charge is 0.0940 e. The lowest BCUT2D eigenvalue weighted by Crippen LogP contribution is -2.38. The summed E-state index contributed by atoms with van der Waals surface area (Å²) in [5, 5.41) is 3.95. The summed E-state index contributed by atoms with van der Waals surface area (Å²) < 4.78 is 0. The molecule has 1 aliphatic carbocycles. The van der Waals surface area contributed by atoms with Crippen LogP contribution in [0.15, 0.2) is 78.7 Å². The Morgan fingerprint density at radius 2 is 2.00 bits per heavy atom. The van der Waals surface area contributed by atoms with Crippen LogP contribution in [0, 0.1) is 11.8 Å². The van der Waals surface area contributed by atoms with Crippen molar-refractivity contribution in [1.82, 2.24) is 10.2 Å². The van der Waals surface area contributed by atoms with Crippen LogP contribution in [-0.4, -0.2) is 23.0 Å². The molecule has 0 radical (unpaired) electrons. The molecule has 0 bridgehead atoms. The summed E-state index contributed by atoms with van der Waals surface area (Å²) in [4.78, 5) is 2.40. The molecule has 0 fully saturated rings. The maximum atomic E-state index is 4.26. The fraction of sp³-hybridized carbons (Fsp3) is 0.360. The van der Waals surface area contributed by atoms with Gasteiger partial charge in [0.05, 0.1) is 6.04 Å². The van der Waals surface area contributed by atoms with E-state index in [1.54, 1.807) is 11.1 Å². The third-order valence-corrected chi connectivity index (χ3v) is 6.68. The molecule has 4 unspecified atom stereocenters. The quantitative estimate of drug-likeness (QED) is 0.577. The van der Waals surface area contributed by atoms with Crippen LogP contribution in [-0.2, 0) is 0 Å². The highest BCUT2D eigenvalue weighted by atomic mass is 16.0. The van der Waals surface area contributed by atoms with Gasteiger partial charge in [-0.3, -0.25) is 0 Å². The molecule has 0 spiro atoms. The number of nitrogens with one attached hydrogen (secondary N) is 1. The molecule has 28 heavy (non-hydrogen) atoms. The lowest BCUT2D eigenvalue weighted by molar-refractivity contribution is 0.272. The van der Waals surface area contributed by atoms with Gasteiger partial charge in [-0.25, -0.2) is 0 Å². The molecule has 150 valence electrons. The highest BCUT2D eigenvalue weighted by Gasteiger charge is 2.46. The summed E-state index contributed by atoms with van der Waals surface area (Å²) in [7, 11) is 0. The number of benzene rings is 1. The number of rotatable bonds is 5. The van der Waals surface area contributed by atoms with E-state index in [0.717, 1.165) is 30.6 Å². The molecule has 2 aliphatic heterocycles. The number of nitrogens with zero attached hydrogens (tertiary/aromatic N) is 1. The molecule has 3 N–H and O–H groups in total. The monoisotopic (exact) mass is 378 g/mol. The third-order valence-electron chi connectivity index (χ3n) is 6.68. The van der Waals surface area contributed by atoms with Crippen LogP contribution in [0.5, 0.6) is 0 Å². The molecule has 0 aromatic heterocycles. The average molecular weight is 379 g/mol. The van der Waals surface area contributed by atoms with Crippen LogP contribution in [0.2, 0.25) is 0 Å². The Morgan fingerprint density at radius 1 is 1.29 bits per heavy atom. The van der Waals surface area contributed by atoms with Crippen molar-refractivity contribution in [3.8, 4) is 0 Å². The Labute approximate surface area is 170 Å². The van der Waals surface area contributed by atoms with Gasteiger partial charge in [0.25, 0.3) is 0 Å². The van der Waals surface area contributed by atoms with E-state index in [1.165, 1.54) is 11.3 Å². The van der Waals surface area contributed by atoms with Crippen LogP contribution in [0.4, 0.5) is 0 Å². The fourth-order valence-corrected chi connectivity index (χ4v) is 5.12. The summed E-state index contributed by atoms with van der Waals surface area (Å²) in [6, 6.07) is 9.46. The minimum atomic E-state index is 0. The minimum absolute atomic E-state index is 0. The number of hydrogen-bond donors (Lipinski definition) is 1. The first kappa shape index (κ1) is 20.2. The van der Waals surface area contributed by atoms with Crippen molar-refractivity contribution >= 4 is 6.08 Å². The number of allylic oxidation sites excluding steroid dienone is 1. The second-order valence-corrected chi connectivity index (χ2v) is 7.93. The van der Waals surface area contributed by atoms with Crippen molar-refractivity contribution < 1.29 is 6.90 Å². The molecule has 0 amide bonds. The van der Waals surface area contributed by atoms with Crippen molar-refractivity contribution in [2.45, 2.75) is 38.8 Å². The van der Waals surface area contributed by atoms with Crippen molar-refractivity contribution in [3.05, 3.63) is 89.8 Å². The largest absolute Gasteiger partial charge is 0.412 e. The molecule has 1 aromatic carbocycles. The molecule has 3 heteroatoms. The van der Waals surface area contributed by atoms with Crippen LogP contribution in [0.1, 0.15) is 45.3 Å². The summed E-state index contributed by atoms with van der Waals surface area (Å²) >= 11 is 0. The molecule has 1 aromatic rings. The molecule has 3 aliphatic rings. The summed E-state index contributed by atoms with van der Waals surface area (Å²) in [6.07, 6.45) is 8.57. The first-order valence-corrected chi connectivity index (χ1v) is 10.1. The first-order valence-electron chi connectivity index (χ1n) is 10.1. The van der Waals surface area contributed by atoms with Crippen LogP contribution < -0.4 is 5.32 Å². The Kier molecular flexibility index (Phi) is 5.66. The fourth-order valence-electron chi connectivity index (χ4n) is 5.12. The Hall–Kier alpha value is -2.52. The zero-order valence-corrected chi connectivity index (χ0v) is 17.0. The zero-order valence-electron chi connectivity index (χ0n) is 17.0. The molecule has 3 nitrogen and oxygen atoms in total. The molecular weight excluding hydrogens is 344 g/mol. The number of hydrogen-bond acceptors (Lipinski definition) is 2. The van der Waals surface area contributed by atoms with Crippen LogP contribution in [0.25, 0.3) is 6.08 Å². The normalized spacial score (nSPS) is 27.9. The molecule has 4 rings (SSSR count). The topological polar surface area (TPSA) is 46.8 Å². The van der Waals surface area contributed by atoms with Crippen LogP contribution in [0.3, 0.4) is 0 Å². The third kappa shape index (κ3) is 3.04. The van der Waals surface area contributed by atoms with Gasteiger partial charge in [-0.1, -0.05) is 75.6 Å². The van der Waals surface area contributed by atoms with Gasteiger partial charge >= 0.3 is 0 Å². The van der Waals surface area contributed by atoms with E-state index < -0.39 is 0 Å². The maximum absolute atomic E-state index is 4.26. The van der Waals surface area contributed by atoms with E-state index >= 15 is 0 Å². The SMILES string of the molecule is C=CC(=C)N1CCC2=C(NC3C(C)C(CC)=CC23)C1c1ccc(C=C)cc1.O.[HH]. The lowest BCUT2D eigenvalue weighted by atomic mass is 9.87. The van der Waals surface area contributed by atoms with Gasteiger partial charge in [0.15, 0.2) is 0 Å². The van der Waals surface area contributed by atoms with E-state index in [9.17, 15) is 0 Å². The van der Waals surface area contributed by atoms with E-state index in [4.69, 9.17) is 0 Å². The highest BCUT2D eigenvalue weighted by Crippen LogP contribution is 2.49. The highest BCUT2D eigenvalue weighted by molar-refractivity contribution is 5.50. The van der Waals surface area contributed by atoms with Crippen molar-refractivity contribution in [1.29, 1.82) is 0 Å². The van der Waals surface area contributed by atoms with Gasteiger partial charge in [-0.2, -0.15) is 0 Å². The maximum Gasteiger partial charge on any atom is 0.0940 e. The summed E-state index contributed by atoms with van der Waals surface area (Å²) in [5.41, 5.74) is 8.05. The van der Waals surface area contributed by atoms with Crippen molar-refractivity contribution in [2.24, 2.45) is 11.8 Å². The van der Waals surface area contributed by atoms with E-state index in [0.29, 0.717) is 17.9 Å². The second-order valence-electron chi connectivity index (χ2n) is 7.93. The number of fused-ring (bicyclic) bond motifs is 2. The summed E-state index contributed by atoms with van der Waals surface area (Å²) in [6.45, 7) is 17.8. The van der Waals surface area contributed by atoms with Crippen molar-refractivity contribution in [3.63, 3.8) is 0 Å². The molecule has 4 atom stereocenters. The molecule has 0 saturated carbocycles. The van der Waals surface area contributed by atoms with Gasteiger partial charge in [-0.05, 0) is 41.5 Å². The minimum Gasteiger partial charge on any atom is -0.412 e. The average Bonchev–Trinajstić information content (AvgIpc) is 3.23. The zero-order chi connectivity index (χ0) is 19.1. The Morgan fingerprint density at radius 3 is 2.61 bits per heavy atom. The Balaban J connectivity index is 0.00000150. The van der Waals surface area contributed by atoms with Gasteiger partial charge in [-0.15, -0.1) is 0 Å². The standard InChI is InChI=1S/C25H30N2.H2O.H2/c1-6-16(4)27-14-13-21-22-15-19(8-3)17(5)23(22)26-24(21)25(27)20-11-9-18(7-2)10-12-20;;/h6-7,9-12,15,17,22-23,25-26H,1-2,4,8,13-14H2,3,5H3;1H2;1H. The first-order chi connectivity index (χ1) is 13.1. The lowest BCUT2D eigenvalue weighted by Gasteiger charge is -2.40. The molecule has 2 heterocycles. The predicted molar refractivity (Wildman–Crippen MR) is 121 cm³/mol. The van der Waals surface area contributed by atoms with Gasteiger partial charge in [0.1, 0.15) is 0 Å². The molecular formula is C25H34N2O. The summed E-state index contributed by atoms with van der Waals surface area (Å²) in [5.74, 6) is 1.16. The van der Waals surface area contributed by atoms with Gasteiger partial charge in [0, 0.05) is 31.3 Å². The second kappa shape index (κ2) is 7.84. The van der Waals surface area contributed by atoms with Crippen LogP contribution >= 0.6 is 0 Å². The Bertz CT molecular complexity index is 852. The van der Waals surface area contributed by atoms with E-state index in [-0.39, 0.29) is 12.9 Å². The van der Waals surface area contributed by atoms with E-state index in [1.807, 2.05) is 12.2 Å². The van der Waals surface area contributed by atoms with Crippen molar-refractivity contribution in [2.75, 3.05) is 6.54 Å². The van der Waals surface area contributed by atoms with Gasteiger partial charge in [0.2, 0.25) is 0 Å². The predicted octanol–water partition coefficient (Wildman–Crippen LogP) is 5.03.